The first-order valence-electron chi connectivity index (χ1n) is 9.71. The Morgan fingerprint density at radius 3 is 2.82 bits per heavy atom. The Labute approximate surface area is 166 Å². The third-order valence-electron chi connectivity index (χ3n) is 4.67. The van der Waals surface area contributed by atoms with Gasteiger partial charge in [-0.15, -0.1) is 0 Å². The fraction of sp³-hybridized carbons (Fsp3) is 0.348. The van der Waals surface area contributed by atoms with Crippen molar-refractivity contribution < 1.29 is 9.53 Å². The summed E-state index contributed by atoms with van der Waals surface area (Å²) in [5.74, 6) is 0.792. The number of nitrogens with one attached hydrogen (secondary N) is 1. The summed E-state index contributed by atoms with van der Waals surface area (Å²) in [5.41, 5.74) is 4.34. The van der Waals surface area contributed by atoms with E-state index in [9.17, 15) is 10.1 Å². The number of rotatable bonds is 5. The van der Waals surface area contributed by atoms with E-state index in [2.05, 4.69) is 22.4 Å². The Hall–Kier alpha value is -3.13. The Balaban J connectivity index is 1.87. The van der Waals surface area contributed by atoms with Gasteiger partial charge >= 0.3 is 0 Å². The first-order valence-corrected chi connectivity index (χ1v) is 9.71. The number of nitrogens with zero attached hydrogens (tertiary/aromatic N) is 2. The second kappa shape index (κ2) is 8.71. The van der Waals surface area contributed by atoms with Crippen molar-refractivity contribution in [2.24, 2.45) is 4.99 Å². The molecule has 2 aromatic carbocycles. The molecular weight excluding hydrogens is 350 g/mol. The molecule has 0 fully saturated rings. The maximum atomic E-state index is 12.9. The molecule has 0 heterocycles. The van der Waals surface area contributed by atoms with Crippen LogP contribution in [0.1, 0.15) is 59.8 Å². The van der Waals surface area contributed by atoms with Crippen molar-refractivity contribution in [3.8, 4) is 11.8 Å². The Kier molecular flexibility index (Phi) is 6.10. The molecule has 3 rings (SSSR count). The fourth-order valence-corrected chi connectivity index (χ4v) is 3.49. The summed E-state index contributed by atoms with van der Waals surface area (Å²) in [5, 5.41) is 12.4. The summed E-state index contributed by atoms with van der Waals surface area (Å²) in [6.07, 6.45) is 3.15. The van der Waals surface area contributed by atoms with Crippen molar-refractivity contribution >= 4 is 11.7 Å². The number of carbonyl (C=O) groups is 1. The van der Waals surface area contributed by atoms with Gasteiger partial charge in [-0.2, -0.15) is 5.26 Å². The second-order valence-electron chi connectivity index (χ2n) is 7.06. The standard InChI is InChI=1S/C23H25N3O2/c1-4-25-22(20-10-6-8-16-7-5-9-19(16)20)26-23(27)17-11-12-21(28-15(2)3)18(13-17)14-24/h6,8,10-13,15H,4-5,7,9H2,1-3H3,(H,25,26,27). The van der Waals surface area contributed by atoms with Gasteiger partial charge in [0.25, 0.3) is 5.91 Å². The van der Waals surface area contributed by atoms with E-state index in [1.807, 2.05) is 32.9 Å². The molecule has 0 spiro atoms. The highest BCUT2D eigenvalue weighted by atomic mass is 16.5. The van der Waals surface area contributed by atoms with Crippen LogP contribution >= 0.6 is 0 Å². The molecule has 144 valence electrons. The predicted molar refractivity (Wildman–Crippen MR) is 110 cm³/mol. The number of hydrogen-bond acceptors (Lipinski definition) is 4. The molecule has 0 aliphatic heterocycles. The predicted octanol–water partition coefficient (Wildman–Crippen LogP) is 4.03. The third kappa shape index (κ3) is 4.23. The first-order chi connectivity index (χ1) is 13.5. The zero-order valence-corrected chi connectivity index (χ0v) is 16.6. The van der Waals surface area contributed by atoms with Gasteiger partial charge < -0.3 is 10.1 Å². The van der Waals surface area contributed by atoms with Gasteiger partial charge in [0.2, 0.25) is 0 Å². The molecule has 28 heavy (non-hydrogen) atoms. The number of aryl methyl sites for hydroxylation is 1. The number of hydrogen-bond donors (Lipinski definition) is 1. The van der Waals surface area contributed by atoms with Crippen LogP contribution in [0.4, 0.5) is 0 Å². The number of ether oxygens (including phenoxy) is 1. The summed E-state index contributed by atoms with van der Waals surface area (Å²) in [7, 11) is 0. The highest BCUT2D eigenvalue weighted by Crippen LogP contribution is 2.26. The Bertz CT molecular complexity index is 955. The van der Waals surface area contributed by atoms with Gasteiger partial charge in [0.15, 0.2) is 0 Å². The molecule has 1 aliphatic carbocycles. The fourth-order valence-electron chi connectivity index (χ4n) is 3.49. The van der Waals surface area contributed by atoms with Crippen LogP contribution in [0.5, 0.6) is 5.75 Å². The van der Waals surface area contributed by atoms with Crippen LogP contribution < -0.4 is 10.1 Å². The van der Waals surface area contributed by atoms with Crippen LogP contribution in [0, 0.1) is 11.3 Å². The van der Waals surface area contributed by atoms with Crippen LogP contribution in [0.25, 0.3) is 0 Å². The van der Waals surface area contributed by atoms with Crippen molar-refractivity contribution in [1.29, 1.82) is 5.26 Å². The number of amides is 1. The van der Waals surface area contributed by atoms with Crippen molar-refractivity contribution in [3.63, 3.8) is 0 Å². The Morgan fingerprint density at radius 2 is 2.11 bits per heavy atom. The first kappa shape index (κ1) is 19.6. The van der Waals surface area contributed by atoms with E-state index in [-0.39, 0.29) is 12.0 Å². The zero-order chi connectivity index (χ0) is 20.1. The molecule has 0 saturated carbocycles. The summed E-state index contributed by atoms with van der Waals surface area (Å²) >= 11 is 0. The molecule has 1 aliphatic rings. The van der Waals surface area contributed by atoms with Crippen molar-refractivity contribution in [3.05, 3.63) is 64.2 Å². The molecule has 5 nitrogen and oxygen atoms in total. The molecule has 0 bridgehead atoms. The second-order valence-corrected chi connectivity index (χ2v) is 7.06. The average Bonchev–Trinajstić information content (AvgIpc) is 3.16. The quantitative estimate of drug-likeness (QED) is 0.633. The number of fused-ring (bicyclic) bond motifs is 1. The van der Waals surface area contributed by atoms with Crippen LogP contribution in [0.15, 0.2) is 41.4 Å². The minimum atomic E-state index is -0.282. The maximum Gasteiger partial charge on any atom is 0.256 e. The van der Waals surface area contributed by atoms with Crippen LogP contribution in [-0.2, 0) is 12.8 Å². The molecule has 0 aromatic heterocycles. The summed E-state index contributed by atoms with van der Waals surface area (Å²) < 4.78 is 5.63. The molecule has 0 atom stereocenters. The highest BCUT2D eigenvalue weighted by molar-refractivity contribution is 6.13. The van der Waals surface area contributed by atoms with E-state index in [1.54, 1.807) is 18.2 Å². The largest absolute Gasteiger partial charge is 0.490 e. The topological polar surface area (TPSA) is 74.5 Å². The van der Waals surface area contributed by atoms with Crippen molar-refractivity contribution in [1.82, 2.24) is 5.32 Å². The van der Waals surface area contributed by atoms with Gasteiger partial charge in [-0.1, -0.05) is 18.2 Å². The van der Waals surface area contributed by atoms with E-state index in [1.165, 1.54) is 11.1 Å². The van der Waals surface area contributed by atoms with Gasteiger partial charge in [0.05, 0.1) is 11.7 Å². The van der Waals surface area contributed by atoms with Gasteiger partial charge in [-0.3, -0.25) is 9.79 Å². The van der Waals surface area contributed by atoms with Crippen molar-refractivity contribution in [2.75, 3.05) is 6.54 Å². The normalized spacial score (nSPS) is 13.2. The lowest BCUT2D eigenvalue weighted by molar-refractivity contribution is 0.0977. The highest BCUT2D eigenvalue weighted by Gasteiger charge is 2.20. The number of nitriles is 1. The molecule has 5 heteroatoms. The van der Waals surface area contributed by atoms with Gasteiger partial charge in [0, 0.05) is 17.7 Å². The van der Waals surface area contributed by atoms with E-state index >= 15 is 0 Å². The summed E-state index contributed by atoms with van der Waals surface area (Å²) in [6.45, 7) is 6.31. The lowest BCUT2D eigenvalue weighted by Gasteiger charge is -2.14. The van der Waals surface area contributed by atoms with Gasteiger partial charge in [-0.05, 0) is 69.4 Å². The van der Waals surface area contributed by atoms with E-state index in [0.29, 0.717) is 29.3 Å². The maximum absolute atomic E-state index is 12.9. The molecule has 0 saturated heterocycles. The minimum absolute atomic E-state index is 0.0461. The smallest absolute Gasteiger partial charge is 0.256 e. The summed E-state index contributed by atoms with van der Waals surface area (Å²) in [4.78, 5) is 17.4. The minimum Gasteiger partial charge on any atom is -0.490 e. The van der Waals surface area contributed by atoms with Crippen LogP contribution in [0.2, 0.25) is 0 Å². The summed E-state index contributed by atoms with van der Waals surface area (Å²) in [6, 6.07) is 13.2. The number of amidine groups is 1. The number of benzene rings is 2. The van der Waals surface area contributed by atoms with Crippen LogP contribution in [-0.4, -0.2) is 24.4 Å². The number of aliphatic imine (C=N–C) groups is 1. The van der Waals surface area contributed by atoms with E-state index in [4.69, 9.17) is 4.74 Å². The van der Waals surface area contributed by atoms with Gasteiger partial charge in [-0.25, -0.2) is 0 Å². The Morgan fingerprint density at radius 1 is 1.29 bits per heavy atom. The van der Waals surface area contributed by atoms with E-state index in [0.717, 1.165) is 24.8 Å². The molecule has 2 aromatic rings. The van der Waals surface area contributed by atoms with Gasteiger partial charge in [0.1, 0.15) is 17.7 Å². The average molecular weight is 375 g/mol. The molecule has 1 amide bonds. The third-order valence-corrected chi connectivity index (χ3v) is 4.67. The van der Waals surface area contributed by atoms with Crippen molar-refractivity contribution in [2.45, 2.75) is 46.1 Å². The molecule has 0 radical (unpaired) electrons. The lowest BCUT2D eigenvalue weighted by Crippen LogP contribution is -2.32. The zero-order valence-electron chi connectivity index (χ0n) is 16.6. The SMILES string of the molecule is CCN=C(NC(=O)c1ccc(OC(C)C)c(C#N)c1)c1cccc2c1CCC2. The lowest BCUT2D eigenvalue weighted by atomic mass is 10.0. The molecule has 0 unspecified atom stereocenters. The van der Waals surface area contributed by atoms with E-state index < -0.39 is 0 Å². The van der Waals surface area contributed by atoms with Crippen LogP contribution in [0.3, 0.4) is 0 Å². The monoisotopic (exact) mass is 375 g/mol. The molecule has 1 N–H and O–H groups in total. The number of carbonyl (C=O) groups excluding carboxylic acids is 1. The molecular formula is C23H25N3O2.